The Morgan fingerprint density at radius 2 is 2.37 bits per heavy atom. The molecule has 0 radical (unpaired) electrons. The quantitative estimate of drug-likeness (QED) is 0.791. The monoisotopic (exact) mass is 279 g/mol. The van der Waals surface area contributed by atoms with Crippen LogP contribution in [-0.4, -0.2) is 45.7 Å². The molecule has 0 saturated carbocycles. The van der Waals surface area contributed by atoms with Gasteiger partial charge in [0.05, 0.1) is 12.9 Å². The number of hydrogen-bond donors (Lipinski definition) is 0. The minimum Gasteiger partial charge on any atom is -0.384 e. The second kappa shape index (κ2) is 5.66. The van der Waals surface area contributed by atoms with Crippen LogP contribution in [0, 0.1) is 5.92 Å². The molecular formula is C12H17N5OS. The van der Waals surface area contributed by atoms with Gasteiger partial charge in [-0.25, -0.2) is 9.97 Å². The first kappa shape index (κ1) is 12.6. The minimum atomic E-state index is 0.680. The molecule has 3 heterocycles. The Morgan fingerprint density at radius 3 is 3.11 bits per heavy atom. The topological polar surface area (TPSA) is 56.1 Å². The average Bonchev–Trinajstić information content (AvgIpc) is 3.02. The van der Waals surface area contributed by atoms with Gasteiger partial charge in [-0.05, 0) is 0 Å². The molecule has 0 aliphatic carbocycles. The van der Waals surface area contributed by atoms with E-state index >= 15 is 0 Å². The molecule has 3 rings (SSSR count). The zero-order valence-electron chi connectivity index (χ0n) is 10.9. The van der Waals surface area contributed by atoms with Gasteiger partial charge >= 0.3 is 0 Å². The third kappa shape index (κ3) is 2.93. The molecule has 1 saturated heterocycles. The number of imidazole rings is 1. The first-order valence-corrected chi connectivity index (χ1v) is 7.14. The van der Waals surface area contributed by atoms with Gasteiger partial charge in [-0.2, -0.15) is 4.37 Å². The SMILES string of the molecule is COCCc1nsc(N2CC(Cn3ccnc3)C2)n1. The maximum Gasteiger partial charge on any atom is 0.205 e. The van der Waals surface area contributed by atoms with Crippen molar-refractivity contribution >= 4 is 16.7 Å². The number of hydrogen-bond acceptors (Lipinski definition) is 6. The van der Waals surface area contributed by atoms with Crippen LogP contribution in [0.4, 0.5) is 5.13 Å². The fraction of sp³-hybridized carbons (Fsp3) is 0.583. The minimum absolute atomic E-state index is 0.680. The Kier molecular flexibility index (Phi) is 3.74. The van der Waals surface area contributed by atoms with Crippen LogP contribution in [0.25, 0.3) is 0 Å². The van der Waals surface area contributed by atoms with Crippen molar-refractivity contribution in [1.29, 1.82) is 0 Å². The molecule has 0 amide bonds. The zero-order chi connectivity index (χ0) is 13.1. The van der Waals surface area contributed by atoms with Crippen molar-refractivity contribution in [2.75, 3.05) is 31.7 Å². The molecule has 0 atom stereocenters. The predicted molar refractivity (Wildman–Crippen MR) is 73.4 cm³/mol. The highest BCUT2D eigenvalue weighted by atomic mass is 32.1. The van der Waals surface area contributed by atoms with E-state index in [9.17, 15) is 0 Å². The molecular weight excluding hydrogens is 262 g/mol. The fourth-order valence-corrected chi connectivity index (χ4v) is 2.93. The van der Waals surface area contributed by atoms with Crippen LogP contribution in [-0.2, 0) is 17.7 Å². The molecule has 6 nitrogen and oxygen atoms in total. The van der Waals surface area contributed by atoms with Gasteiger partial charge in [-0.15, -0.1) is 0 Å². The molecule has 2 aromatic heterocycles. The second-order valence-corrected chi connectivity index (χ2v) is 5.50. The van der Waals surface area contributed by atoms with Crippen molar-refractivity contribution in [3.8, 4) is 0 Å². The number of aromatic nitrogens is 4. The molecule has 0 aromatic carbocycles. The molecule has 0 unspecified atom stereocenters. The Balaban J connectivity index is 1.48. The van der Waals surface area contributed by atoms with E-state index < -0.39 is 0 Å². The highest BCUT2D eigenvalue weighted by Crippen LogP contribution is 2.27. The van der Waals surface area contributed by atoms with E-state index in [0.29, 0.717) is 12.5 Å². The van der Waals surface area contributed by atoms with Gasteiger partial charge in [0.1, 0.15) is 5.82 Å². The summed E-state index contributed by atoms with van der Waals surface area (Å²) in [5.74, 6) is 1.57. The standard InChI is InChI=1S/C12H17N5OS/c1-18-5-2-11-14-12(19-15-11)17-7-10(8-17)6-16-4-3-13-9-16/h3-4,9-10H,2,5-8H2,1H3. The van der Waals surface area contributed by atoms with Gasteiger partial charge in [0.15, 0.2) is 0 Å². The molecule has 0 bridgehead atoms. The smallest absolute Gasteiger partial charge is 0.205 e. The van der Waals surface area contributed by atoms with Gasteiger partial charge in [0, 0.05) is 63.0 Å². The molecule has 1 aliphatic rings. The van der Waals surface area contributed by atoms with Crippen LogP contribution in [0.15, 0.2) is 18.7 Å². The summed E-state index contributed by atoms with van der Waals surface area (Å²) in [6, 6.07) is 0. The predicted octanol–water partition coefficient (Wildman–Crippen LogP) is 1.06. The summed E-state index contributed by atoms with van der Waals surface area (Å²) >= 11 is 1.48. The summed E-state index contributed by atoms with van der Waals surface area (Å²) in [7, 11) is 1.70. The van der Waals surface area contributed by atoms with Crippen LogP contribution in [0.2, 0.25) is 0 Å². The molecule has 7 heteroatoms. The maximum absolute atomic E-state index is 5.03. The first-order valence-electron chi connectivity index (χ1n) is 6.37. The van der Waals surface area contributed by atoms with E-state index in [1.165, 1.54) is 11.5 Å². The third-order valence-electron chi connectivity index (χ3n) is 3.24. The fourth-order valence-electron chi connectivity index (χ4n) is 2.20. The van der Waals surface area contributed by atoms with E-state index in [1.807, 2.05) is 18.7 Å². The van der Waals surface area contributed by atoms with Crippen molar-refractivity contribution < 1.29 is 4.74 Å². The molecule has 0 spiro atoms. The van der Waals surface area contributed by atoms with E-state index in [4.69, 9.17) is 4.74 Å². The molecule has 19 heavy (non-hydrogen) atoms. The lowest BCUT2D eigenvalue weighted by molar-refractivity contribution is 0.201. The Hall–Kier alpha value is -1.47. The summed E-state index contributed by atoms with van der Waals surface area (Å²) in [6.07, 6.45) is 6.50. The molecule has 1 aliphatic heterocycles. The van der Waals surface area contributed by atoms with Gasteiger partial charge < -0.3 is 14.2 Å². The van der Waals surface area contributed by atoms with Gasteiger partial charge in [0.2, 0.25) is 5.13 Å². The lowest BCUT2D eigenvalue weighted by Crippen LogP contribution is -2.48. The van der Waals surface area contributed by atoms with E-state index in [0.717, 1.165) is 37.0 Å². The van der Waals surface area contributed by atoms with Crippen LogP contribution in [0.1, 0.15) is 5.82 Å². The summed E-state index contributed by atoms with van der Waals surface area (Å²) in [4.78, 5) is 10.9. The summed E-state index contributed by atoms with van der Waals surface area (Å²) < 4.78 is 11.5. The zero-order valence-corrected chi connectivity index (χ0v) is 11.7. The molecule has 2 aromatic rings. The highest BCUT2D eigenvalue weighted by Gasteiger charge is 2.29. The number of ether oxygens (including phenoxy) is 1. The normalized spacial score (nSPS) is 15.7. The Labute approximate surface area is 116 Å². The number of nitrogens with zero attached hydrogens (tertiary/aromatic N) is 5. The van der Waals surface area contributed by atoms with Gasteiger partial charge in [0.25, 0.3) is 0 Å². The molecule has 1 fully saturated rings. The maximum atomic E-state index is 5.03. The van der Waals surface area contributed by atoms with E-state index in [-0.39, 0.29) is 0 Å². The highest BCUT2D eigenvalue weighted by molar-refractivity contribution is 7.09. The number of rotatable bonds is 6. The van der Waals surface area contributed by atoms with Crippen LogP contribution >= 0.6 is 11.5 Å². The molecule has 0 N–H and O–H groups in total. The van der Waals surface area contributed by atoms with Crippen LogP contribution in [0.5, 0.6) is 0 Å². The summed E-state index contributed by atoms with van der Waals surface area (Å²) in [5.41, 5.74) is 0. The van der Waals surface area contributed by atoms with Crippen molar-refractivity contribution in [3.63, 3.8) is 0 Å². The van der Waals surface area contributed by atoms with E-state index in [2.05, 4.69) is 23.8 Å². The van der Waals surface area contributed by atoms with Crippen molar-refractivity contribution in [3.05, 3.63) is 24.5 Å². The molecule has 102 valence electrons. The average molecular weight is 279 g/mol. The van der Waals surface area contributed by atoms with Crippen molar-refractivity contribution in [2.45, 2.75) is 13.0 Å². The Morgan fingerprint density at radius 1 is 1.47 bits per heavy atom. The van der Waals surface area contributed by atoms with Gasteiger partial charge in [-0.3, -0.25) is 0 Å². The second-order valence-electron chi connectivity index (χ2n) is 4.77. The number of methoxy groups -OCH3 is 1. The summed E-state index contributed by atoms with van der Waals surface area (Å²) in [6.45, 7) is 3.82. The lowest BCUT2D eigenvalue weighted by Gasteiger charge is -2.38. The van der Waals surface area contributed by atoms with Crippen LogP contribution < -0.4 is 4.90 Å². The lowest BCUT2D eigenvalue weighted by atomic mass is 10.0. The van der Waals surface area contributed by atoms with Crippen molar-refractivity contribution in [2.24, 2.45) is 5.92 Å². The Bertz CT molecular complexity index is 506. The van der Waals surface area contributed by atoms with E-state index in [1.54, 1.807) is 7.11 Å². The first-order chi connectivity index (χ1) is 9.35. The largest absolute Gasteiger partial charge is 0.384 e. The third-order valence-corrected chi connectivity index (χ3v) is 4.06. The summed E-state index contributed by atoms with van der Waals surface area (Å²) in [5, 5.41) is 1.04. The number of anilines is 1. The van der Waals surface area contributed by atoms with Gasteiger partial charge in [-0.1, -0.05) is 0 Å². The van der Waals surface area contributed by atoms with Crippen molar-refractivity contribution in [1.82, 2.24) is 18.9 Å². The van der Waals surface area contributed by atoms with Crippen LogP contribution in [0.3, 0.4) is 0 Å².